The molecule has 0 N–H and O–H groups in total. The Labute approximate surface area is 166 Å². The van der Waals surface area contributed by atoms with Crippen molar-refractivity contribution in [3.8, 4) is 0 Å². The minimum atomic E-state index is 0.337. The molecule has 2 atom stereocenters. The normalized spacial score (nSPS) is 21.7. The Balaban J connectivity index is 1.53. The summed E-state index contributed by atoms with van der Waals surface area (Å²) >= 11 is 0. The topological polar surface area (TPSA) is 13.0 Å². The Morgan fingerprint density at radius 3 is 2.07 bits per heavy atom. The molecule has 4 nitrogen and oxygen atoms in total. The standard InChI is InChI=1S/C24H24N4/c1-16-23-21(27-15-25(2)17-9-4-6-11-19(17)27)13-8-14-22(23)28-20-12-7-5-10-18(20)26(3)24(16)28/h4-14,16,24H,15H2,1-3H3. The molecule has 0 aliphatic carbocycles. The molecule has 0 spiro atoms. The lowest BCUT2D eigenvalue weighted by Crippen LogP contribution is -2.38. The summed E-state index contributed by atoms with van der Waals surface area (Å²) in [4.78, 5) is 9.77. The van der Waals surface area contributed by atoms with Crippen molar-refractivity contribution in [1.82, 2.24) is 0 Å². The molecule has 4 heteroatoms. The number of anilines is 6. The highest BCUT2D eigenvalue weighted by atomic mass is 15.4. The lowest BCUT2D eigenvalue weighted by atomic mass is 9.97. The molecule has 0 radical (unpaired) electrons. The molecule has 3 heterocycles. The summed E-state index contributed by atoms with van der Waals surface area (Å²) in [6.07, 6.45) is 0.337. The molecule has 140 valence electrons. The van der Waals surface area contributed by atoms with Crippen LogP contribution in [0.4, 0.5) is 34.1 Å². The molecule has 28 heavy (non-hydrogen) atoms. The van der Waals surface area contributed by atoms with Crippen LogP contribution in [0.1, 0.15) is 18.4 Å². The first kappa shape index (κ1) is 15.9. The quantitative estimate of drug-likeness (QED) is 0.580. The van der Waals surface area contributed by atoms with Crippen LogP contribution in [0.5, 0.6) is 0 Å². The number of para-hydroxylation sites is 4. The maximum atomic E-state index is 2.53. The second kappa shape index (κ2) is 5.44. The number of hydrogen-bond donors (Lipinski definition) is 0. The molecule has 0 bridgehead atoms. The highest BCUT2D eigenvalue weighted by Gasteiger charge is 2.46. The number of benzene rings is 3. The predicted octanol–water partition coefficient (Wildman–Crippen LogP) is 5.26. The summed E-state index contributed by atoms with van der Waals surface area (Å²) in [6.45, 7) is 3.26. The third-order valence-corrected chi connectivity index (χ3v) is 6.63. The van der Waals surface area contributed by atoms with Gasteiger partial charge in [-0.25, -0.2) is 0 Å². The SMILES string of the molecule is CC1c2c(N3CN(C)c4ccccc43)cccc2N2c3ccccc3N(C)C12. The van der Waals surface area contributed by atoms with Gasteiger partial charge in [0.2, 0.25) is 0 Å². The number of nitrogens with zero attached hydrogens (tertiary/aromatic N) is 4. The van der Waals surface area contributed by atoms with Gasteiger partial charge < -0.3 is 19.6 Å². The van der Waals surface area contributed by atoms with Crippen LogP contribution in [0.3, 0.4) is 0 Å². The van der Waals surface area contributed by atoms with Gasteiger partial charge in [0.25, 0.3) is 0 Å². The van der Waals surface area contributed by atoms with E-state index in [9.17, 15) is 0 Å². The Kier molecular flexibility index (Phi) is 3.09. The van der Waals surface area contributed by atoms with Gasteiger partial charge in [-0.05, 0) is 36.4 Å². The molecule has 3 aliphatic heterocycles. The smallest absolute Gasteiger partial charge is 0.113 e. The van der Waals surface area contributed by atoms with E-state index in [1.54, 1.807) is 0 Å². The fraction of sp³-hybridized carbons (Fsp3) is 0.250. The zero-order valence-corrected chi connectivity index (χ0v) is 16.5. The van der Waals surface area contributed by atoms with Gasteiger partial charge in [-0.2, -0.15) is 0 Å². The number of hydrogen-bond acceptors (Lipinski definition) is 4. The van der Waals surface area contributed by atoms with Crippen molar-refractivity contribution >= 4 is 34.1 Å². The van der Waals surface area contributed by atoms with Crippen LogP contribution in [0.25, 0.3) is 0 Å². The molecular formula is C24H24N4. The minimum absolute atomic E-state index is 0.337. The molecule has 3 aromatic rings. The number of rotatable bonds is 1. The predicted molar refractivity (Wildman–Crippen MR) is 117 cm³/mol. The van der Waals surface area contributed by atoms with Crippen molar-refractivity contribution < 1.29 is 0 Å². The van der Waals surface area contributed by atoms with Gasteiger partial charge >= 0.3 is 0 Å². The summed E-state index contributed by atoms with van der Waals surface area (Å²) in [6, 6.07) is 24.3. The third kappa shape index (κ3) is 1.85. The molecule has 0 aromatic heterocycles. The fourth-order valence-electron chi connectivity index (χ4n) is 5.44. The lowest BCUT2D eigenvalue weighted by molar-refractivity contribution is 0.604. The maximum Gasteiger partial charge on any atom is 0.113 e. The van der Waals surface area contributed by atoms with Crippen molar-refractivity contribution in [2.45, 2.75) is 19.0 Å². The van der Waals surface area contributed by atoms with Gasteiger partial charge in [0, 0.05) is 37.0 Å². The molecular weight excluding hydrogens is 344 g/mol. The lowest BCUT2D eigenvalue weighted by Gasteiger charge is -2.28. The summed E-state index contributed by atoms with van der Waals surface area (Å²) < 4.78 is 0. The monoisotopic (exact) mass is 368 g/mol. The molecule has 3 aromatic carbocycles. The zero-order valence-electron chi connectivity index (χ0n) is 16.5. The van der Waals surface area contributed by atoms with Crippen LogP contribution in [0.15, 0.2) is 66.7 Å². The molecule has 6 rings (SSSR count). The average Bonchev–Trinajstić information content (AvgIpc) is 3.33. The maximum absolute atomic E-state index is 2.53. The van der Waals surface area contributed by atoms with Crippen LogP contribution in [0, 0.1) is 0 Å². The highest BCUT2D eigenvalue weighted by Crippen LogP contribution is 2.57. The Morgan fingerprint density at radius 1 is 0.679 bits per heavy atom. The first-order chi connectivity index (χ1) is 13.7. The van der Waals surface area contributed by atoms with Crippen molar-refractivity contribution in [3.63, 3.8) is 0 Å². The summed E-state index contributed by atoms with van der Waals surface area (Å²) in [5.74, 6) is 0.418. The number of fused-ring (bicyclic) bond motifs is 6. The molecule has 0 saturated carbocycles. The molecule has 3 aliphatic rings. The summed E-state index contributed by atoms with van der Waals surface area (Å²) in [5, 5.41) is 0. The van der Waals surface area contributed by atoms with Crippen LogP contribution in [0.2, 0.25) is 0 Å². The summed E-state index contributed by atoms with van der Waals surface area (Å²) in [5.41, 5.74) is 9.37. The van der Waals surface area contributed by atoms with E-state index in [0.29, 0.717) is 12.1 Å². The van der Waals surface area contributed by atoms with Gasteiger partial charge in [-0.3, -0.25) is 0 Å². The fourth-order valence-corrected chi connectivity index (χ4v) is 5.44. The molecule has 0 fully saturated rings. The van der Waals surface area contributed by atoms with Gasteiger partial charge in [0.1, 0.15) is 6.17 Å². The van der Waals surface area contributed by atoms with Crippen LogP contribution >= 0.6 is 0 Å². The minimum Gasteiger partial charge on any atom is -0.355 e. The van der Waals surface area contributed by atoms with E-state index in [1.807, 2.05) is 0 Å². The van der Waals surface area contributed by atoms with Crippen LogP contribution in [-0.2, 0) is 0 Å². The van der Waals surface area contributed by atoms with E-state index in [2.05, 4.69) is 107 Å². The second-order valence-electron chi connectivity index (χ2n) is 8.14. The van der Waals surface area contributed by atoms with Crippen molar-refractivity contribution in [2.75, 3.05) is 40.4 Å². The third-order valence-electron chi connectivity index (χ3n) is 6.63. The highest BCUT2D eigenvalue weighted by molar-refractivity contribution is 5.92. The molecule has 0 amide bonds. The zero-order chi connectivity index (χ0) is 19.0. The average molecular weight is 368 g/mol. The molecule has 2 unspecified atom stereocenters. The largest absolute Gasteiger partial charge is 0.355 e. The molecule has 0 saturated heterocycles. The second-order valence-corrected chi connectivity index (χ2v) is 8.14. The van der Waals surface area contributed by atoms with Crippen molar-refractivity contribution in [1.29, 1.82) is 0 Å². The van der Waals surface area contributed by atoms with E-state index >= 15 is 0 Å². The van der Waals surface area contributed by atoms with Gasteiger partial charge in [0.15, 0.2) is 0 Å². The van der Waals surface area contributed by atoms with Crippen molar-refractivity contribution in [3.05, 3.63) is 72.3 Å². The van der Waals surface area contributed by atoms with Gasteiger partial charge in [0.05, 0.1) is 29.4 Å². The van der Waals surface area contributed by atoms with E-state index in [0.717, 1.165) is 6.67 Å². The van der Waals surface area contributed by atoms with Crippen LogP contribution in [-0.4, -0.2) is 26.9 Å². The Hall–Kier alpha value is -3.14. The van der Waals surface area contributed by atoms with Crippen molar-refractivity contribution in [2.24, 2.45) is 0 Å². The van der Waals surface area contributed by atoms with E-state index in [4.69, 9.17) is 0 Å². The van der Waals surface area contributed by atoms with E-state index in [1.165, 1.54) is 39.7 Å². The van der Waals surface area contributed by atoms with E-state index < -0.39 is 0 Å². The summed E-state index contributed by atoms with van der Waals surface area (Å²) in [7, 11) is 4.40. The van der Waals surface area contributed by atoms with Gasteiger partial charge in [-0.15, -0.1) is 0 Å². The number of likely N-dealkylation sites (N-methyl/N-ethyl adjacent to an activating group) is 1. The van der Waals surface area contributed by atoms with Crippen LogP contribution < -0.4 is 19.6 Å². The van der Waals surface area contributed by atoms with Gasteiger partial charge in [-0.1, -0.05) is 37.3 Å². The first-order valence-electron chi connectivity index (χ1n) is 9.98. The first-order valence-corrected chi connectivity index (χ1v) is 9.98. The van der Waals surface area contributed by atoms with E-state index in [-0.39, 0.29) is 0 Å². The Morgan fingerprint density at radius 2 is 1.29 bits per heavy atom. The Bertz CT molecular complexity index is 1090.